The molecule has 22 heavy (non-hydrogen) atoms. The van der Waals surface area contributed by atoms with Crippen molar-refractivity contribution in [3.05, 3.63) is 23.2 Å². The fraction of sp³-hybridized carbons (Fsp3) is 0.500. The van der Waals surface area contributed by atoms with Crippen molar-refractivity contribution in [2.75, 3.05) is 18.4 Å². The van der Waals surface area contributed by atoms with E-state index in [1.807, 2.05) is 13.8 Å². The number of phenolic OH excluding ortho intramolecular Hbond substituents is 1. The average Bonchev–Trinajstić information content (AvgIpc) is 2.50. The number of phenols is 1. The van der Waals surface area contributed by atoms with Crippen molar-refractivity contribution < 1.29 is 14.7 Å². The zero-order valence-electron chi connectivity index (χ0n) is 13.1. The molecule has 0 aromatic heterocycles. The number of aromatic hydroxyl groups is 1. The molecule has 0 atom stereocenters. The maximum Gasteiger partial charge on any atom is 0.314 e. The molecule has 5 nitrogen and oxygen atoms in total. The molecule has 1 aromatic rings. The topological polar surface area (TPSA) is 69.6 Å². The van der Waals surface area contributed by atoms with Gasteiger partial charge in [0.25, 0.3) is 0 Å². The maximum absolute atomic E-state index is 12.3. The third-order valence-corrected chi connectivity index (χ3v) is 3.49. The van der Waals surface area contributed by atoms with Crippen LogP contribution in [0.1, 0.15) is 39.5 Å². The Bertz CT molecular complexity index is 512. The minimum atomic E-state index is -0.759. The van der Waals surface area contributed by atoms with E-state index in [0.717, 1.165) is 25.7 Å². The number of halogens is 1. The van der Waals surface area contributed by atoms with Crippen molar-refractivity contribution in [1.82, 2.24) is 4.90 Å². The van der Waals surface area contributed by atoms with Crippen molar-refractivity contribution in [3.63, 3.8) is 0 Å². The van der Waals surface area contributed by atoms with Crippen LogP contribution in [0, 0.1) is 0 Å². The van der Waals surface area contributed by atoms with Crippen molar-refractivity contribution >= 4 is 29.1 Å². The number of nitrogens with zero attached hydrogens (tertiary/aromatic N) is 1. The molecule has 0 unspecified atom stereocenters. The second-order valence-electron chi connectivity index (χ2n) is 5.11. The first-order valence-electron chi connectivity index (χ1n) is 7.58. The van der Waals surface area contributed by atoms with Gasteiger partial charge in [0.15, 0.2) is 0 Å². The van der Waals surface area contributed by atoms with Crippen LogP contribution in [0.3, 0.4) is 0 Å². The van der Waals surface area contributed by atoms with Gasteiger partial charge in [-0.3, -0.25) is 9.59 Å². The van der Waals surface area contributed by atoms with Crippen LogP contribution in [0.5, 0.6) is 5.75 Å². The van der Waals surface area contributed by atoms with E-state index in [4.69, 9.17) is 11.6 Å². The van der Waals surface area contributed by atoms with Crippen LogP contribution in [0.15, 0.2) is 18.2 Å². The van der Waals surface area contributed by atoms with Gasteiger partial charge in [-0.15, -0.1) is 0 Å². The summed E-state index contributed by atoms with van der Waals surface area (Å²) in [6, 6.07) is 4.28. The number of unbranched alkanes of at least 4 members (excludes halogenated alkanes) is 2. The summed E-state index contributed by atoms with van der Waals surface area (Å²) in [6.45, 7) is 5.19. The second-order valence-corrected chi connectivity index (χ2v) is 5.55. The van der Waals surface area contributed by atoms with E-state index in [2.05, 4.69) is 5.32 Å². The first kappa shape index (κ1) is 18.3. The molecule has 2 N–H and O–H groups in total. The lowest BCUT2D eigenvalue weighted by Gasteiger charge is -2.21. The molecule has 0 spiro atoms. The summed E-state index contributed by atoms with van der Waals surface area (Å²) in [5.41, 5.74) is 0.136. The highest BCUT2D eigenvalue weighted by Gasteiger charge is 2.22. The predicted octanol–water partition coefficient (Wildman–Crippen LogP) is 3.41. The zero-order valence-corrected chi connectivity index (χ0v) is 13.8. The van der Waals surface area contributed by atoms with E-state index in [0.29, 0.717) is 18.1 Å². The van der Waals surface area contributed by atoms with Gasteiger partial charge in [0, 0.05) is 18.1 Å². The van der Waals surface area contributed by atoms with Crippen LogP contribution >= 0.6 is 11.6 Å². The highest BCUT2D eigenvalue weighted by Crippen LogP contribution is 2.26. The molecule has 0 heterocycles. The van der Waals surface area contributed by atoms with Crippen LogP contribution in [0.25, 0.3) is 0 Å². The fourth-order valence-corrected chi connectivity index (χ4v) is 2.11. The number of carbonyl (C=O) groups excluding carboxylic acids is 2. The molecule has 0 aliphatic rings. The third-order valence-electron chi connectivity index (χ3n) is 3.25. The molecule has 0 saturated heterocycles. The zero-order chi connectivity index (χ0) is 16.5. The first-order chi connectivity index (χ1) is 10.5. The minimum absolute atomic E-state index is 0.126. The third kappa shape index (κ3) is 5.56. The lowest BCUT2D eigenvalue weighted by Crippen LogP contribution is -2.40. The molecule has 0 radical (unpaired) electrons. The summed E-state index contributed by atoms with van der Waals surface area (Å²) in [5.74, 6) is -1.47. The van der Waals surface area contributed by atoms with Gasteiger partial charge in [0.05, 0.1) is 5.69 Å². The molecule has 0 aliphatic heterocycles. The lowest BCUT2D eigenvalue weighted by atomic mass is 10.2. The Hall–Kier alpha value is -1.75. The smallest absolute Gasteiger partial charge is 0.314 e. The molecule has 0 saturated carbocycles. The second kappa shape index (κ2) is 9.30. The highest BCUT2D eigenvalue weighted by molar-refractivity contribution is 6.40. The minimum Gasteiger partial charge on any atom is -0.506 e. The van der Waals surface area contributed by atoms with Crippen LogP contribution in [0.2, 0.25) is 5.02 Å². The van der Waals surface area contributed by atoms with Crippen molar-refractivity contribution in [2.45, 2.75) is 39.5 Å². The quantitative estimate of drug-likeness (QED) is 0.596. The van der Waals surface area contributed by atoms with Gasteiger partial charge < -0.3 is 15.3 Å². The van der Waals surface area contributed by atoms with Gasteiger partial charge in [0.1, 0.15) is 5.75 Å². The fourth-order valence-electron chi connectivity index (χ4n) is 1.94. The Morgan fingerprint density at radius 3 is 2.32 bits per heavy atom. The maximum atomic E-state index is 12.3. The molecule has 0 aliphatic carbocycles. The van der Waals surface area contributed by atoms with E-state index in [9.17, 15) is 14.7 Å². The van der Waals surface area contributed by atoms with Crippen molar-refractivity contribution in [2.24, 2.45) is 0 Å². The van der Waals surface area contributed by atoms with E-state index in [-0.39, 0.29) is 11.4 Å². The van der Waals surface area contributed by atoms with Crippen molar-refractivity contribution in [1.29, 1.82) is 0 Å². The van der Waals surface area contributed by atoms with Gasteiger partial charge >= 0.3 is 11.8 Å². The molecule has 122 valence electrons. The number of benzene rings is 1. The number of amides is 2. The SMILES string of the molecule is CCCCN(CCCC)C(=O)C(=O)Nc1cc(Cl)ccc1O. The largest absolute Gasteiger partial charge is 0.506 e. The summed E-state index contributed by atoms with van der Waals surface area (Å²) >= 11 is 5.82. The summed E-state index contributed by atoms with van der Waals surface area (Å²) < 4.78 is 0. The van der Waals surface area contributed by atoms with E-state index >= 15 is 0 Å². The van der Waals surface area contributed by atoms with Gasteiger partial charge in [-0.1, -0.05) is 38.3 Å². The van der Waals surface area contributed by atoms with Crippen molar-refractivity contribution in [3.8, 4) is 5.75 Å². The van der Waals surface area contributed by atoms with Gasteiger partial charge in [-0.05, 0) is 31.0 Å². The number of carbonyl (C=O) groups is 2. The number of nitrogens with one attached hydrogen (secondary N) is 1. The normalized spacial score (nSPS) is 10.3. The standard InChI is InChI=1S/C16H23ClN2O3/c1-3-5-9-19(10-6-4-2)16(22)15(21)18-13-11-12(17)7-8-14(13)20/h7-8,11,20H,3-6,9-10H2,1-2H3,(H,18,21). The summed E-state index contributed by atoms with van der Waals surface area (Å²) in [7, 11) is 0. The van der Waals surface area contributed by atoms with E-state index in [1.54, 1.807) is 4.90 Å². The molecule has 0 fully saturated rings. The molecule has 6 heteroatoms. The lowest BCUT2D eigenvalue weighted by molar-refractivity contribution is -0.143. The van der Waals surface area contributed by atoms with Gasteiger partial charge in [-0.25, -0.2) is 0 Å². The van der Waals surface area contributed by atoms with E-state index in [1.165, 1.54) is 18.2 Å². The molecule has 1 rings (SSSR count). The monoisotopic (exact) mass is 326 g/mol. The highest BCUT2D eigenvalue weighted by atomic mass is 35.5. The van der Waals surface area contributed by atoms with Crippen LogP contribution in [-0.4, -0.2) is 34.9 Å². The summed E-state index contributed by atoms with van der Waals surface area (Å²) in [4.78, 5) is 25.9. The Labute approximate surface area is 136 Å². The Morgan fingerprint density at radius 2 is 1.77 bits per heavy atom. The van der Waals surface area contributed by atoms with Crippen LogP contribution in [-0.2, 0) is 9.59 Å². The summed E-state index contributed by atoms with van der Waals surface area (Å²) in [5, 5.41) is 12.5. The number of rotatable bonds is 7. The first-order valence-corrected chi connectivity index (χ1v) is 7.96. The van der Waals surface area contributed by atoms with Gasteiger partial charge in [0.2, 0.25) is 0 Å². The molecule has 2 amide bonds. The van der Waals surface area contributed by atoms with E-state index < -0.39 is 11.8 Å². The number of hydrogen-bond donors (Lipinski definition) is 2. The number of anilines is 1. The number of hydrogen-bond acceptors (Lipinski definition) is 3. The van der Waals surface area contributed by atoms with Gasteiger partial charge in [-0.2, -0.15) is 0 Å². The van der Waals surface area contributed by atoms with Crippen LogP contribution in [0.4, 0.5) is 5.69 Å². The Balaban J connectivity index is 2.75. The Kier molecular flexibility index (Phi) is 7.74. The molecule has 1 aromatic carbocycles. The van der Waals surface area contributed by atoms with Crippen LogP contribution < -0.4 is 5.32 Å². The average molecular weight is 327 g/mol. The summed E-state index contributed by atoms with van der Waals surface area (Å²) in [6.07, 6.45) is 3.61. The predicted molar refractivity (Wildman–Crippen MR) is 88.1 cm³/mol. The molecular weight excluding hydrogens is 304 g/mol. The molecular formula is C16H23ClN2O3. The molecule has 0 bridgehead atoms. The Morgan fingerprint density at radius 1 is 1.18 bits per heavy atom.